The Balaban J connectivity index is 1.05. The van der Waals surface area contributed by atoms with E-state index in [1.165, 1.54) is 4.90 Å². The highest BCUT2D eigenvalue weighted by Crippen LogP contribution is 2.25. The number of fused-ring (bicyclic) bond motifs is 1. The topological polar surface area (TPSA) is 109 Å². The highest BCUT2D eigenvalue weighted by molar-refractivity contribution is 5.95. The molecule has 2 N–H and O–H groups in total. The maximum absolute atomic E-state index is 12.6. The van der Waals surface area contributed by atoms with Crippen LogP contribution >= 0.6 is 0 Å². The van der Waals surface area contributed by atoms with E-state index in [4.69, 9.17) is 4.74 Å². The largest absolute Gasteiger partial charge is 0.445 e. The van der Waals surface area contributed by atoms with Crippen molar-refractivity contribution < 1.29 is 14.3 Å². The summed E-state index contributed by atoms with van der Waals surface area (Å²) in [4.78, 5) is 39.7. The lowest BCUT2D eigenvalue weighted by Crippen LogP contribution is -2.43. The lowest BCUT2D eigenvalue weighted by atomic mass is 10.1. The van der Waals surface area contributed by atoms with Crippen molar-refractivity contribution in [1.82, 2.24) is 25.2 Å². The fourth-order valence-electron chi connectivity index (χ4n) is 4.93. The number of anilines is 2. The molecule has 3 aromatic carbocycles. The minimum atomic E-state index is -0.516. The molecule has 1 aliphatic rings. The van der Waals surface area contributed by atoms with Crippen LogP contribution in [0.4, 0.5) is 16.4 Å². The molecule has 0 fully saturated rings. The molecule has 1 atom stereocenters. The average molecular weight is 571 g/mol. The number of benzene rings is 3. The van der Waals surface area contributed by atoms with E-state index >= 15 is 0 Å². The predicted octanol–water partition coefficient (Wildman–Crippen LogP) is 6.19. The fourth-order valence-corrected chi connectivity index (χ4v) is 4.93. The zero-order valence-electron chi connectivity index (χ0n) is 23.6. The number of carbonyl (C=O) groups excluding carboxylic acids is 2. The number of nitrogens with zero attached hydrogens (tertiary/aromatic N) is 4. The van der Waals surface area contributed by atoms with Crippen LogP contribution in [0.5, 0.6) is 0 Å². The Morgan fingerprint density at radius 3 is 2.53 bits per heavy atom. The second kappa shape index (κ2) is 12.5. The molecule has 0 spiro atoms. The van der Waals surface area contributed by atoms with Crippen molar-refractivity contribution in [1.29, 1.82) is 0 Å². The molecule has 9 nitrogen and oxygen atoms in total. The standard InChI is InChI=1S/C34H30N6O3/c1-23(37-30-18-31(41)21-40(20-30)34(42)43-22-24-5-3-2-4-6-24)25-7-10-29(11-8-25)38-33-36-19-28-17-27(9-12-32(28)39-33)26-13-15-35-16-14-26/h2-19,23,37H,20-22H2,1H3,(H,36,38,39)/t23-/m1/s1. The zero-order valence-corrected chi connectivity index (χ0v) is 23.6. The fraction of sp³-hybridized carbons (Fsp3) is 0.147. The van der Waals surface area contributed by atoms with E-state index in [-0.39, 0.29) is 31.5 Å². The number of carbonyl (C=O) groups is 2. The van der Waals surface area contributed by atoms with Gasteiger partial charge in [-0.25, -0.2) is 14.8 Å². The summed E-state index contributed by atoms with van der Waals surface area (Å²) in [5.74, 6) is 0.356. The van der Waals surface area contributed by atoms with Crippen molar-refractivity contribution in [2.75, 3.05) is 18.4 Å². The Hall–Kier alpha value is -5.57. The molecule has 0 saturated heterocycles. The van der Waals surface area contributed by atoms with Crippen LogP contribution in [-0.2, 0) is 16.1 Å². The number of nitrogens with one attached hydrogen (secondary N) is 2. The Morgan fingerprint density at radius 2 is 1.74 bits per heavy atom. The Bertz CT molecular complexity index is 1780. The molecule has 9 heteroatoms. The van der Waals surface area contributed by atoms with Gasteiger partial charge in [0.2, 0.25) is 5.95 Å². The molecule has 0 bridgehead atoms. The van der Waals surface area contributed by atoms with Crippen LogP contribution in [0.15, 0.2) is 115 Å². The molecular formula is C34H30N6O3. The summed E-state index contributed by atoms with van der Waals surface area (Å²) < 4.78 is 5.42. The van der Waals surface area contributed by atoms with E-state index in [1.807, 2.05) is 92.0 Å². The van der Waals surface area contributed by atoms with Crippen molar-refractivity contribution in [2.24, 2.45) is 0 Å². The van der Waals surface area contributed by atoms with Gasteiger partial charge in [-0.15, -0.1) is 0 Å². The average Bonchev–Trinajstić information content (AvgIpc) is 3.04. The summed E-state index contributed by atoms with van der Waals surface area (Å²) in [6.45, 7) is 2.43. The van der Waals surface area contributed by atoms with Gasteiger partial charge in [0.05, 0.1) is 18.6 Å². The van der Waals surface area contributed by atoms with Gasteiger partial charge in [-0.1, -0.05) is 48.5 Å². The van der Waals surface area contributed by atoms with E-state index in [1.54, 1.807) is 18.5 Å². The van der Waals surface area contributed by atoms with Gasteiger partial charge in [-0.3, -0.25) is 14.7 Å². The van der Waals surface area contributed by atoms with Crippen molar-refractivity contribution in [3.63, 3.8) is 0 Å². The first-order chi connectivity index (χ1) is 21.0. The molecule has 0 unspecified atom stereocenters. The first kappa shape index (κ1) is 27.6. The molecule has 214 valence electrons. The number of aromatic nitrogens is 3. The first-order valence-electron chi connectivity index (χ1n) is 14.0. The highest BCUT2D eigenvalue weighted by Gasteiger charge is 2.24. The summed E-state index contributed by atoms with van der Waals surface area (Å²) in [7, 11) is 0. The van der Waals surface area contributed by atoms with Gasteiger partial charge in [-0.05, 0) is 65.6 Å². The molecule has 0 radical (unpaired) electrons. The number of rotatable bonds is 8. The number of hydrogen-bond acceptors (Lipinski definition) is 8. The Morgan fingerprint density at radius 1 is 0.953 bits per heavy atom. The van der Waals surface area contributed by atoms with E-state index in [0.717, 1.165) is 38.8 Å². The molecule has 1 amide bonds. The number of ketones is 1. The Labute approximate surface area is 249 Å². The summed E-state index contributed by atoms with van der Waals surface area (Å²) in [6.07, 6.45) is 6.41. The third-order valence-corrected chi connectivity index (χ3v) is 7.17. The van der Waals surface area contributed by atoms with E-state index in [0.29, 0.717) is 11.6 Å². The number of ether oxygens (including phenoxy) is 1. The summed E-state index contributed by atoms with van der Waals surface area (Å²) >= 11 is 0. The summed E-state index contributed by atoms with van der Waals surface area (Å²) in [5, 5.41) is 7.60. The lowest BCUT2D eigenvalue weighted by Gasteiger charge is -2.28. The first-order valence-corrected chi connectivity index (χ1v) is 14.0. The van der Waals surface area contributed by atoms with Gasteiger partial charge >= 0.3 is 6.09 Å². The second-order valence-corrected chi connectivity index (χ2v) is 10.3. The van der Waals surface area contributed by atoms with Crippen LogP contribution in [0.1, 0.15) is 24.1 Å². The van der Waals surface area contributed by atoms with Crippen LogP contribution in [0.25, 0.3) is 22.0 Å². The van der Waals surface area contributed by atoms with Gasteiger partial charge in [0.15, 0.2) is 5.78 Å². The van der Waals surface area contributed by atoms with Gasteiger partial charge in [0.1, 0.15) is 6.61 Å². The maximum atomic E-state index is 12.6. The maximum Gasteiger partial charge on any atom is 0.410 e. The number of hydrogen-bond donors (Lipinski definition) is 2. The van der Waals surface area contributed by atoms with Crippen LogP contribution in [0.3, 0.4) is 0 Å². The van der Waals surface area contributed by atoms with E-state index in [9.17, 15) is 9.59 Å². The highest BCUT2D eigenvalue weighted by atomic mass is 16.6. The zero-order chi connectivity index (χ0) is 29.6. The molecule has 5 aromatic rings. The van der Waals surface area contributed by atoms with Crippen molar-refractivity contribution in [2.45, 2.75) is 19.6 Å². The van der Waals surface area contributed by atoms with Gasteiger partial charge in [-0.2, -0.15) is 0 Å². The van der Waals surface area contributed by atoms with Crippen molar-refractivity contribution in [3.05, 3.63) is 126 Å². The van der Waals surface area contributed by atoms with Gasteiger partial charge < -0.3 is 15.4 Å². The molecule has 6 rings (SSSR count). The van der Waals surface area contributed by atoms with Crippen molar-refractivity contribution >= 4 is 34.4 Å². The molecular weight excluding hydrogens is 540 g/mol. The third kappa shape index (κ3) is 6.84. The normalized spacial score (nSPS) is 13.7. The second-order valence-electron chi connectivity index (χ2n) is 10.3. The smallest absolute Gasteiger partial charge is 0.410 e. The SMILES string of the molecule is C[C@@H](NC1=CC(=O)CN(C(=O)OCc2ccccc2)C1)c1ccc(Nc2ncc3cc(-c4ccncc4)ccc3n2)cc1. The summed E-state index contributed by atoms with van der Waals surface area (Å²) in [6, 6.07) is 27.3. The van der Waals surface area contributed by atoms with Gasteiger partial charge in [0, 0.05) is 47.5 Å². The molecule has 3 heterocycles. The number of amides is 1. The van der Waals surface area contributed by atoms with E-state index < -0.39 is 6.09 Å². The third-order valence-electron chi connectivity index (χ3n) is 7.17. The molecule has 0 saturated carbocycles. The lowest BCUT2D eigenvalue weighted by molar-refractivity contribution is -0.116. The minimum Gasteiger partial charge on any atom is -0.445 e. The molecule has 43 heavy (non-hydrogen) atoms. The minimum absolute atomic E-state index is 0.00367. The van der Waals surface area contributed by atoms with Gasteiger partial charge in [0.25, 0.3) is 0 Å². The van der Waals surface area contributed by atoms with Crippen LogP contribution in [0.2, 0.25) is 0 Å². The molecule has 0 aliphatic carbocycles. The molecule has 2 aromatic heterocycles. The summed E-state index contributed by atoms with van der Waals surface area (Å²) in [5.41, 5.74) is 6.45. The quantitative estimate of drug-likeness (QED) is 0.227. The predicted molar refractivity (Wildman–Crippen MR) is 165 cm³/mol. The van der Waals surface area contributed by atoms with Crippen LogP contribution in [0, 0.1) is 0 Å². The van der Waals surface area contributed by atoms with Crippen LogP contribution < -0.4 is 10.6 Å². The van der Waals surface area contributed by atoms with E-state index in [2.05, 4.69) is 31.7 Å². The monoisotopic (exact) mass is 570 g/mol. The van der Waals surface area contributed by atoms with Crippen LogP contribution in [-0.4, -0.2) is 44.8 Å². The molecule has 1 aliphatic heterocycles. The van der Waals surface area contributed by atoms with Crippen molar-refractivity contribution in [3.8, 4) is 11.1 Å². The Kier molecular flexibility index (Phi) is 8.04. The number of pyridine rings is 1.